The van der Waals surface area contributed by atoms with Gasteiger partial charge in [0.1, 0.15) is 0 Å². The Hall–Kier alpha value is -2.48. The zero-order chi connectivity index (χ0) is 13.8. The highest BCUT2D eigenvalue weighted by Gasteiger charge is 2.20. The molecule has 0 spiro atoms. The van der Waals surface area contributed by atoms with Gasteiger partial charge in [0.2, 0.25) is 5.95 Å². The Labute approximate surface area is 117 Å². The third kappa shape index (κ3) is 2.59. The molecule has 100 valence electrons. The number of hydrogen-bond donors (Lipinski definition) is 0. The number of nitriles is 1. The van der Waals surface area contributed by atoms with Crippen molar-refractivity contribution in [1.82, 2.24) is 15.0 Å². The van der Waals surface area contributed by atoms with E-state index in [4.69, 9.17) is 5.26 Å². The molecule has 0 atom stereocenters. The predicted molar refractivity (Wildman–Crippen MR) is 75.8 cm³/mol. The van der Waals surface area contributed by atoms with Gasteiger partial charge in [-0.3, -0.25) is 4.98 Å². The van der Waals surface area contributed by atoms with Crippen LogP contribution in [-0.2, 0) is 0 Å². The highest BCUT2D eigenvalue weighted by molar-refractivity contribution is 5.57. The topological polar surface area (TPSA) is 65.7 Å². The molecule has 0 unspecified atom stereocenters. The molecule has 0 N–H and O–H groups in total. The third-order valence-electron chi connectivity index (χ3n) is 3.56. The molecule has 0 aliphatic carbocycles. The normalized spacial score (nSPS) is 15.8. The second-order valence-corrected chi connectivity index (χ2v) is 4.88. The summed E-state index contributed by atoms with van der Waals surface area (Å²) in [5, 5.41) is 8.90. The first-order valence-corrected chi connectivity index (χ1v) is 6.75. The number of hydrogen-bond acceptors (Lipinski definition) is 5. The van der Waals surface area contributed by atoms with E-state index in [1.807, 2.05) is 18.2 Å². The van der Waals surface area contributed by atoms with Crippen molar-refractivity contribution in [2.45, 2.75) is 12.8 Å². The van der Waals surface area contributed by atoms with Crippen molar-refractivity contribution in [3.8, 4) is 17.3 Å². The largest absolute Gasteiger partial charge is 0.341 e. The first-order chi connectivity index (χ1) is 9.86. The number of pyridine rings is 1. The molecule has 0 radical (unpaired) electrons. The van der Waals surface area contributed by atoms with Crippen LogP contribution in [0.5, 0.6) is 0 Å². The highest BCUT2D eigenvalue weighted by atomic mass is 15.2. The number of aromatic nitrogens is 3. The van der Waals surface area contributed by atoms with E-state index in [2.05, 4.69) is 25.9 Å². The van der Waals surface area contributed by atoms with Crippen LogP contribution < -0.4 is 4.90 Å². The molecule has 3 rings (SSSR count). The maximum absolute atomic E-state index is 8.90. The van der Waals surface area contributed by atoms with Crippen molar-refractivity contribution in [2.75, 3.05) is 18.0 Å². The van der Waals surface area contributed by atoms with Crippen molar-refractivity contribution < 1.29 is 0 Å². The van der Waals surface area contributed by atoms with E-state index in [0.29, 0.717) is 0 Å². The van der Waals surface area contributed by atoms with Crippen LogP contribution in [0.3, 0.4) is 0 Å². The molecule has 0 saturated carbocycles. The Morgan fingerprint density at radius 3 is 2.45 bits per heavy atom. The molecule has 1 fully saturated rings. The zero-order valence-electron chi connectivity index (χ0n) is 11.1. The number of rotatable bonds is 2. The van der Waals surface area contributed by atoms with E-state index in [9.17, 15) is 0 Å². The predicted octanol–water partition coefficient (Wildman–Crippen LogP) is 2.28. The summed E-state index contributed by atoms with van der Waals surface area (Å²) in [6.45, 7) is 1.70. The fourth-order valence-corrected chi connectivity index (χ4v) is 2.36. The Balaban J connectivity index is 1.73. The molecular formula is C15H15N5. The van der Waals surface area contributed by atoms with Gasteiger partial charge in [-0.05, 0) is 25.0 Å². The lowest BCUT2D eigenvalue weighted by atomic mass is 9.99. The Morgan fingerprint density at radius 1 is 1.10 bits per heavy atom. The van der Waals surface area contributed by atoms with Gasteiger partial charge in [0.25, 0.3) is 0 Å². The van der Waals surface area contributed by atoms with E-state index < -0.39 is 0 Å². The summed E-state index contributed by atoms with van der Waals surface area (Å²) in [5.41, 5.74) is 1.79. The summed E-state index contributed by atoms with van der Waals surface area (Å²) >= 11 is 0. The van der Waals surface area contributed by atoms with Crippen LogP contribution in [0, 0.1) is 17.2 Å². The van der Waals surface area contributed by atoms with E-state index in [0.717, 1.165) is 43.1 Å². The van der Waals surface area contributed by atoms with Crippen molar-refractivity contribution in [1.29, 1.82) is 5.26 Å². The average molecular weight is 265 g/mol. The molecule has 1 saturated heterocycles. The van der Waals surface area contributed by atoms with Crippen molar-refractivity contribution in [3.05, 3.63) is 36.8 Å². The Bertz CT molecular complexity index is 594. The maximum Gasteiger partial charge on any atom is 0.225 e. The van der Waals surface area contributed by atoms with Gasteiger partial charge in [0.05, 0.1) is 11.8 Å². The first-order valence-electron chi connectivity index (χ1n) is 6.75. The standard InChI is InChI=1S/C15H15N5/c16-9-12-4-7-20(8-5-12)15-18-10-13(11-19-15)14-3-1-2-6-17-14/h1-3,6,10-12H,4-5,7-8H2. The van der Waals surface area contributed by atoms with Crippen LogP contribution in [0.2, 0.25) is 0 Å². The van der Waals surface area contributed by atoms with E-state index in [1.165, 1.54) is 0 Å². The minimum atomic E-state index is 0.180. The minimum Gasteiger partial charge on any atom is -0.341 e. The second kappa shape index (κ2) is 5.66. The molecule has 20 heavy (non-hydrogen) atoms. The number of anilines is 1. The van der Waals surface area contributed by atoms with Crippen LogP contribution in [-0.4, -0.2) is 28.0 Å². The molecule has 0 aromatic carbocycles. The minimum absolute atomic E-state index is 0.180. The lowest BCUT2D eigenvalue weighted by molar-refractivity contribution is 0.482. The quantitative estimate of drug-likeness (QED) is 0.833. The van der Waals surface area contributed by atoms with E-state index in [1.54, 1.807) is 18.6 Å². The molecule has 5 nitrogen and oxygen atoms in total. The van der Waals surface area contributed by atoms with Crippen molar-refractivity contribution >= 4 is 5.95 Å². The Kier molecular flexibility index (Phi) is 3.55. The molecular weight excluding hydrogens is 250 g/mol. The van der Waals surface area contributed by atoms with Crippen LogP contribution in [0.15, 0.2) is 36.8 Å². The van der Waals surface area contributed by atoms with Crippen LogP contribution in [0.1, 0.15) is 12.8 Å². The fourth-order valence-electron chi connectivity index (χ4n) is 2.36. The van der Waals surface area contributed by atoms with Gasteiger partial charge in [-0.1, -0.05) is 6.07 Å². The lowest BCUT2D eigenvalue weighted by Gasteiger charge is -2.28. The molecule has 5 heteroatoms. The van der Waals surface area contributed by atoms with Gasteiger partial charge >= 0.3 is 0 Å². The van der Waals surface area contributed by atoms with E-state index >= 15 is 0 Å². The van der Waals surface area contributed by atoms with Gasteiger partial charge in [-0.15, -0.1) is 0 Å². The number of nitrogens with zero attached hydrogens (tertiary/aromatic N) is 5. The summed E-state index contributed by atoms with van der Waals surface area (Å²) in [4.78, 5) is 15.3. The lowest BCUT2D eigenvalue weighted by Crippen LogP contribution is -2.34. The smallest absolute Gasteiger partial charge is 0.225 e. The van der Waals surface area contributed by atoms with Gasteiger partial charge in [0, 0.05) is 43.2 Å². The maximum atomic E-state index is 8.90. The number of piperidine rings is 1. The monoisotopic (exact) mass is 265 g/mol. The first kappa shape index (κ1) is 12.5. The van der Waals surface area contributed by atoms with Gasteiger partial charge in [0.15, 0.2) is 0 Å². The van der Waals surface area contributed by atoms with Crippen LogP contribution in [0.4, 0.5) is 5.95 Å². The fraction of sp³-hybridized carbons (Fsp3) is 0.333. The van der Waals surface area contributed by atoms with E-state index in [-0.39, 0.29) is 5.92 Å². The molecule has 2 aromatic heterocycles. The van der Waals surface area contributed by atoms with Gasteiger partial charge in [-0.25, -0.2) is 9.97 Å². The van der Waals surface area contributed by atoms with Crippen LogP contribution in [0.25, 0.3) is 11.3 Å². The highest BCUT2D eigenvalue weighted by Crippen LogP contribution is 2.21. The molecule has 1 aliphatic rings. The summed E-state index contributed by atoms with van der Waals surface area (Å²) in [7, 11) is 0. The SMILES string of the molecule is N#CC1CCN(c2ncc(-c3ccccn3)cn2)CC1. The summed E-state index contributed by atoms with van der Waals surface area (Å²) in [6.07, 6.45) is 7.15. The van der Waals surface area contributed by atoms with Crippen molar-refractivity contribution in [3.63, 3.8) is 0 Å². The Morgan fingerprint density at radius 2 is 1.85 bits per heavy atom. The second-order valence-electron chi connectivity index (χ2n) is 4.88. The molecule has 0 amide bonds. The third-order valence-corrected chi connectivity index (χ3v) is 3.56. The molecule has 0 bridgehead atoms. The molecule has 1 aliphatic heterocycles. The van der Waals surface area contributed by atoms with Gasteiger partial charge < -0.3 is 4.90 Å². The molecule has 3 heterocycles. The van der Waals surface area contributed by atoms with Crippen LogP contribution >= 0.6 is 0 Å². The summed E-state index contributed by atoms with van der Waals surface area (Å²) in [5.74, 6) is 0.917. The van der Waals surface area contributed by atoms with Crippen molar-refractivity contribution in [2.24, 2.45) is 5.92 Å². The van der Waals surface area contributed by atoms with Gasteiger partial charge in [-0.2, -0.15) is 5.26 Å². The zero-order valence-corrected chi connectivity index (χ0v) is 11.1. The average Bonchev–Trinajstić information content (AvgIpc) is 2.56. The summed E-state index contributed by atoms with van der Waals surface area (Å²) in [6, 6.07) is 8.11. The summed E-state index contributed by atoms with van der Waals surface area (Å²) < 4.78 is 0. The molecule has 2 aromatic rings.